The van der Waals surface area contributed by atoms with E-state index < -0.39 is 22.2 Å². The molecule has 30 heavy (non-hydrogen) atoms. The van der Waals surface area contributed by atoms with Gasteiger partial charge in [-0.15, -0.1) is 0 Å². The van der Waals surface area contributed by atoms with Gasteiger partial charge in [-0.1, -0.05) is 29.8 Å². The highest BCUT2D eigenvalue weighted by molar-refractivity contribution is 7.88. The van der Waals surface area contributed by atoms with Crippen molar-refractivity contribution in [2.24, 2.45) is 0 Å². The quantitative estimate of drug-likeness (QED) is 0.752. The Balaban J connectivity index is 0.000000396. The molecule has 1 aromatic heterocycles. The molecular formula is C18H22F3N3O5S. The number of ether oxygens (including phenoxy) is 1. The van der Waals surface area contributed by atoms with Gasteiger partial charge in [-0.25, -0.2) is 18.2 Å². The van der Waals surface area contributed by atoms with Gasteiger partial charge in [-0.3, -0.25) is 0 Å². The van der Waals surface area contributed by atoms with Crippen molar-refractivity contribution in [1.29, 1.82) is 0 Å². The minimum Gasteiger partial charge on any atom is -0.475 e. The molecule has 0 bridgehead atoms. The second kappa shape index (κ2) is 9.58. The number of aliphatic carboxylic acids is 1. The fourth-order valence-electron chi connectivity index (χ4n) is 2.77. The first-order valence-electron chi connectivity index (χ1n) is 8.79. The Morgan fingerprint density at radius 3 is 2.37 bits per heavy atom. The van der Waals surface area contributed by atoms with Crippen LogP contribution in [0.1, 0.15) is 22.5 Å². The zero-order valence-electron chi connectivity index (χ0n) is 16.4. The Hall–Kier alpha value is -2.44. The van der Waals surface area contributed by atoms with Crippen molar-refractivity contribution in [3.8, 4) is 0 Å². The lowest BCUT2D eigenvalue weighted by Crippen LogP contribution is -2.39. The van der Waals surface area contributed by atoms with Crippen molar-refractivity contribution in [2.75, 3.05) is 13.7 Å². The number of aromatic nitrogens is 2. The van der Waals surface area contributed by atoms with Crippen LogP contribution in [0.4, 0.5) is 13.2 Å². The molecule has 12 heteroatoms. The largest absolute Gasteiger partial charge is 0.490 e. The second-order valence-electron chi connectivity index (χ2n) is 6.64. The van der Waals surface area contributed by atoms with Crippen molar-refractivity contribution >= 4 is 16.0 Å². The maximum absolute atomic E-state index is 12.7. The summed E-state index contributed by atoms with van der Waals surface area (Å²) in [5, 5.41) is 7.12. The summed E-state index contributed by atoms with van der Waals surface area (Å²) in [4.78, 5) is 13.2. The van der Waals surface area contributed by atoms with Gasteiger partial charge in [0.05, 0.1) is 36.6 Å². The van der Waals surface area contributed by atoms with Crippen LogP contribution in [-0.4, -0.2) is 53.2 Å². The average Bonchev–Trinajstić information content (AvgIpc) is 3.06. The molecule has 0 fully saturated rings. The van der Waals surface area contributed by atoms with Crippen LogP contribution in [0, 0.1) is 6.92 Å². The maximum atomic E-state index is 12.7. The maximum Gasteiger partial charge on any atom is 0.490 e. The molecule has 1 aliphatic heterocycles. The number of benzene rings is 1. The first kappa shape index (κ1) is 23.8. The minimum absolute atomic E-state index is 0.0288. The first-order chi connectivity index (χ1) is 13.9. The highest BCUT2D eigenvalue weighted by Gasteiger charge is 2.38. The molecule has 2 heterocycles. The smallest absolute Gasteiger partial charge is 0.475 e. The van der Waals surface area contributed by atoms with Crippen LogP contribution in [0.2, 0.25) is 0 Å². The fourth-order valence-corrected chi connectivity index (χ4v) is 4.25. The van der Waals surface area contributed by atoms with Crippen molar-refractivity contribution < 1.29 is 36.2 Å². The van der Waals surface area contributed by atoms with Crippen LogP contribution >= 0.6 is 0 Å². The molecule has 1 N–H and O–H groups in total. The molecular weight excluding hydrogens is 427 g/mol. The number of imidazole rings is 1. The van der Waals surface area contributed by atoms with Gasteiger partial charge < -0.3 is 14.4 Å². The molecule has 0 unspecified atom stereocenters. The number of carboxylic acids is 1. The molecule has 0 saturated carbocycles. The first-order valence-corrected chi connectivity index (χ1v) is 10.4. The van der Waals surface area contributed by atoms with E-state index in [2.05, 4.69) is 4.98 Å². The molecule has 2 aromatic rings. The lowest BCUT2D eigenvalue weighted by molar-refractivity contribution is -0.192. The normalized spacial score (nSPS) is 14.6. The third-order valence-electron chi connectivity index (χ3n) is 4.34. The number of carboxylic acid groups (broad SMARTS) is 1. The number of carbonyl (C=O) groups is 1. The van der Waals surface area contributed by atoms with E-state index in [9.17, 15) is 21.6 Å². The molecule has 0 aliphatic carbocycles. The summed E-state index contributed by atoms with van der Waals surface area (Å²) in [6, 6.07) is 7.62. The van der Waals surface area contributed by atoms with Gasteiger partial charge in [0, 0.05) is 20.2 Å². The Bertz CT molecular complexity index is 972. The molecule has 0 atom stereocenters. The topological polar surface area (TPSA) is 102 Å². The zero-order chi connectivity index (χ0) is 22.5. The Kier molecular flexibility index (Phi) is 7.61. The monoisotopic (exact) mass is 449 g/mol. The van der Waals surface area contributed by atoms with E-state index >= 15 is 0 Å². The summed E-state index contributed by atoms with van der Waals surface area (Å²) in [6.45, 7) is 3.84. The van der Waals surface area contributed by atoms with E-state index in [1.165, 1.54) is 0 Å². The Labute approximate surface area is 171 Å². The van der Waals surface area contributed by atoms with Crippen LogP contribution in [0.5, 0.6) is 0 Å². The fraction of sp³-hybridized carbons (Fsp3) is 0.444. The lowest BCUT2D eigenvalue weighted by atomic mass is 10.2. The number of rotatable bonds is 5. The summed E-state index contributed by atoms with van der Waals surface area (Å²) in [5.41, 5.74) is 3.66. The van der Waals surface area contributed by atoms with Crippen molar-refractivity contribution in [3.05, 3.63) is 53.1 Å². The number of hydrogen-bond donors (Lipinski definition) is 1. The van der Waals surface area contributed by atoms with E-state index in [1.807, 2.05) is 35.8 Å². The number of hydrogen-bond acceptors (Lipinski definition) is 5. The highest BCUT2D eigenvalue weighted by atomic mass is 32.2. The average molecular weight is 449 g/mol. The van der Waals surface area contributed by atoms with Gasteiger partial charge in [0.15, 0.2) is 0 Å². The van der Waals surface area contributed by atoms with Crippen LogP contribution in [0.3, 0.4) is 0 Å². The summed E-state index contributed by atoms with van der Waals surface area (Å²) in [6.07, 6.45) is -3.33. The minimum atomic E-state index is -5.08. The number of fused-ring (bicyclic) bond motifs is 1. The molecule has 3 rings (SSSR count). The molecule has 0 spiro atoms. The summed E-state index contributed by atoms with van der Waals surface area (Å²) >= 11 is 0. The van der Waals surface area contributed by atoms with Crippen LogP contribution in [0.15, 0.2) is 30.6 Å². The van der Waals surface area contributed by atoms with Gasteiger partial charge >= 0.3 is 12.1 Å². The number of halogens is 3. The van der Waals surface area contributed by atoms with Gasteiger partial charge in [0.2, 0.25) is 10.0 Å². The van der Waals surface area contributed by atoms with Crippen molar-refractivity contribution in [3.63, 3.8) is 0 Å². The van der Waals surface area contributed by atoms with Gasteiger partial charge in [0.1, 0.15) is 0 Å². The van der Waals surface area contributed by atoms with Crippen LogP contribution in [0.25, 0.3) is 0 Å². The van der Waals surface area contributed by atoms with Gasteiger partial charge in [-0.05, 0) is 12.5 Å². The number of nitrogens with zero attached hydrogens (tertiary/aromatic N) is 3. The molecule has 1 aromatic carbocycles. The lowest BCUT2D eigenvalue weighted by Gasteiger charge is -2.28. The van der Waals surface area contributed by atoms with Crippen LogP contribution < -0.4 is 0 Å². The van der Waals surface area contributed by atoms with E-state index in [0.717, 1.165) is 22.5 Å². The number of alkyl halides is 3. The van der Waals surface area contributed by atoms with Crippen molar-refractivity contribution in [2.45, 2.75) is 38.5 Å². The van der Waals surface area contributed by atoms with Crippen molar-refractivity contribution in [1.82, 2.24) is 13.9 Å². The van der Waals surface area contributed by atoms with E-state index in [4.69, 9.17) is 14.6 Å². The molecule has 0 saturated heterocycles. The third-order valence-corrected chi connectivity index (χ3v) is 6.13. The molecule has 8 nitrogen and oxygen atoms in total. The zero-order valence-corrected chi connectivity index (χ0v) is 17.2. The van der Waals surface area contributed by atoms with Gasteiger partial charge in [-0.2, -0.15) is 17.5 Å². The SMILES string of the molecule is COCc1ncn2c1CN(S(=O)(=O)Cc1ccc(C)cc1)CC2.O=C(O)C(F)(F)F. The second-order valence-corrected chi connectivity index (χ2v) is 8.61. The molecule has 0 radical (unpaired) electrons. The van der Waals surface area contributed by atoms with E-state index in [0.29, 0.717) is 26.2 Å². The Morgan fingerprint density at radius 1 is 1.23 bits per heavy atom. The standard InChI is InChI=1S/C16H21N3O3S.C2HF3O2/c1-13-3-5-14(6-4-13)11-23(20,21)19-8-7-18-12-17-15(10-22-2)16(18)9-19;3-2(4,5)1(6)7/h3-6,12H,7-11H2,1-2H3;(H,6,7). The number of methoxy groups -OCH3 is 1. The summed E-state index contributed by atoms with van der Waals surface area (Å²) in [5.74, 6) is -2.73. The molecule has 0 amide bonds. The van der Waals surface area contributed by atoms with Gasteiger partial charge in [0.25, 0.3) is 0 Å². The predicted molar refractivity (Wildman–Crippen MR) is 101 cm³/mol. The number of sulfonamides is 1. The van der Waals surface area contributed by atoms with E-state index in [-0.39, 0.29) is 5.75 Å². The predicted octanol–water partition coefficient (Wildman–Crippen LogP) is 2.32. The Morgan fingerprint density at radius 2 is 1.83 bits per heavy atom. The highest BCUT2D eigenvalue weighted by Crippen LogP contribution is 2.21. The van der Waals surface area contributed by atoms with E-state index in [1.54, 1.807) is 17.7 Å². The summed E-state index contributed by atoms with van der Waals surface area (Å²) < 4.78 is 65.8. The third kappa shape index (κ3) is 6.28. The summed E-state index contributed by atoms with van der Waals surface area (Å²) in [7, 11) is -1.74. The number of aryl methyl sites for hydroxylation is 1. The van der Waals surface area contributed by atoms with Crippen LogP contribution in [-0.2, 0) is 45.0 Å². The molecule has 1 aliphatic rings. The molecule has 166 valence electrons.